The maximum atomic E-state index is 12.3. The minimum Gasteiger partial charge on any atom is -0.497 e. The third-order valence-electron chi connectivity index (χ3n) is 3.94. The summed E-state index contributed by atoms with van der Waals surface area (Å²) >= 11 is 1.35. The SMILES string of the molecule is COc1ccc(-n2nnnc2SCC(=O)N2CCN(C)CC2)cc1. The fraction of sp³-hybridized carbons (Fsp3) is 0.467. The molecule has 0 saturated carbocycles. The highest BCUT2D eigenvalue weighted by molar-refractivity contribution is 7.99. The van der Waals surface area contributed by atoms with Crippen LogP contribution >= 0.6 is 11.8 Å². The second kappa shape index (κ2) is 7.63. The van der Waals surface area contributed by atoms with Gasteiger partial charge in [-0.1, -0.05) is 11.8 Å². The molecule has 1 aliphatic rings. The lowest BCUT2D eigenvalue weighted by atomic mass is 10.3. The molecule has 0 radical (unpaired) electrons. The molecule has 0 bridgehead atoms. The van der Waals surface area contributed by atoms with Gasteiger partial charge in [-0.2, -0.15) is 4.68 Å². The van der Waals surface area contributed by atoms with Crippen molar-refractivity contribution in [3.05, 3.63) is 24.3 Å². The Kier molecular flexibility index (Phi) is 5.31. The van der Waals surface area contributed by atoms with Gasteiger partial charge in [-0.05, 0) is 41.7 Å². The zero-order chi connectivity index (χ0) is 16.9. The second-order valence-corrected chi connectivity index (χ2v) is 6.49. The average molecular weight is 348 g/mol. The Hall–Kier alpha value is -2.13. The van der Waals surface area contributed by atoms with Crippen molar-refractivity contribution in [2.75, 3.05) is 46.1 Å². The summed E-state index contributed by atoms with van der Waals surface area (Å²) in [6, 6.07) is 7.45. The van der Waals surface area contributed by atoms with Crippen LogP contribution in [0.15, 0.2) is 29.4 Å². The van der Waals surface area contributed by atoms with Crippen LogP contribution in [0.4, 0.5) is 0 Å². The van der Waals surface area contributed by atoms with Crippen molar-refractivity contribution in [2.24, 2.45) is 0 Å². The first-order chi connectivity index (χ1) is 11.7. The molecule has 0 N–H and O–H groups in total. The van der Waals surface area contributed by atoms with Crippen molar-refractivity contribution in [2.45, 2.75) is 5.16 Å². The molecule has 1 amide bonds. The van der Waals surface area contributed by atoms with Crippen molar-refractivity contribution >= 4 is 17.7 Å². The van der Waals surface area contributed by atoms with E-state index in [9.17, 15) is 4.79 Å². The van der Waals surface area contributed by atoms with Gasteiger partial charge in [0.2, 0.25) is 11.1 Å². The molecular weight excluding hydrogens is 328 g/mol. The molecule has 0 spiro atoms. The molecule has 9 heteroatoms. The number of ether oxygens (including phenoxy) is 1. The minimum atomic E-state index is 0.123. The summed E-state index contributed by atoms with van der Waals surface area (Å²) < 4.78 is 6.78. The molecule has 8 nitrogen and oxygen atoms in total. The highest BCUT2D eigenvalue weighted by Crippen LogP contribution is 2.20. The number of methoxy groups -OCH3 is 1. The number of likely N-dealkylation sites (N-methyl/N-ethyl adjacent to an activating group) is 1. The molecule has 2 aromatic rings. The lowest BCUT2D eigenvalue weighted by Crippen LogP contribution is -2.47. The lowest BCUT2D eigenvalue weighted by Gasteiger charge is -2.32. The van der Waals surface area contributed by atoms with Crippen LogP contribution in [0.1, 0.15) is 0 Å². The molecule has 3 rings (SSSR count). The molecule has 1 fully saturated rings. The smallest absolute Gasteiger partial charge is 0.233 e. The summed E-state index contributed by atoms with van der Waals surface area (Å²) in [5.74, 6) is 1.23. The van der Waals surface area contributed by atoms with E-state index in [4.69, 9.17) is 4.74 Å². The zero-order valence-corrected chi connectivity index (χ0v) is 14.6. The predicted molar refractivity (Wildman–Crippen MR) is 90.5 cm³/mol. The van der Waals surface area contributed by atoms with E-state index in [0.717, 1.165) is 37.6 Å². The maximum absolute atomic E-state index is 12.3. The second-order valence-electron chi connectivity index (χ2n) is 5.54. The van der Waals surface area contributed by atoms with Gasteiger partial charge in [0.1, 0.15) is 5.75 Å². The molecule has 24 heavy (non-hydrogen) atoms. The molecule has 1 saturated heterocycles. The summed E-state index contributed by atoms with van der Waals surface area (Å²) in [5, 5.41) is 12.3. The number of rotatable bonds is 5. The van der Waals surface area contributed by atoms with E-state index in [1.165, 1.54) is 11.8 Å². The zero-order valence-electron chi connectivity index (χ0n) is 13.8. The molecule has 0 atom stereocenters. The molecule has 0 aliphatic carbocycles. The monoisotopic (exact) mass is 348 g/mol. The van der Waals surface area contributed by atoms with Gasteiger partial charge in [0.15, 0.2) is 0 Å². The Balaban J connectivity index is 1.62. The molecule has 1 aromatic heterocycles. The number of tetrazole rings is 1. The van der Waals surface area contributed by atoms with E-state index in [2.05, 4.69) is 27.5 Å². The molecule has 0 unspecified atom stereocenters. The summed E-state index contributed by atoms with van der Waals surface area (Å²) in [7, 11) is 3.69. The maximum Gasteiger partial charge on any atom is 0.233 e. The third-order valence-corrected chi connectivity index (χ3v) is 4.84. The quantitative estimate of drug-likeness (QED) is 0.730. The first-order valence-electron chi connectivity index (χ1n) is 7.69. The average Bonchev–Trinajstić information content (AvgIpc) is 3.09. The number of nitrogens with zero attached hydrogens (tertiary/aromatic N) is 6. The number of carbonyl (C=O) groups is 1. The number of thioether (sulfide) groups is 1. The van der Waals surface area contributed by atoms with Crippen LogP contribution in [0.25, 0.3) is 5.69 Å². The van der Waals surface area contributed by atoms with Crippen molar-refractivity contribution in [1.82, 2.24) is 30.0 Å². The molecular formula is C15H20N6O2S. The number of piperazine rings is 1. The Morgan fingerprint density at radius 3 is 2.58 bits per heavy atom. The van der Waals surface area contributed by atoms with E-state index in [-0.39, 0.29) is 5.91 Å². The summed E-state index contributed by atoms with van der Waals surface area (Å²) in [5.41, 5.74) is 0.829. The van der Waals surface area contributed by atoms with Gasteiger partial charge in [0.25, 0.3) is 0 Å². The number of carbonyl (C=O) groups excluding carboxylic acids is 1. The first kappa shape index (κ1) is 16.7. The molecule has 128 valence electrons. The molecule has 2 heterocycles. The fourth-order valence-electron chi connectivity index (χ4n) is 2.43. The van der Waals surface area contributed by atoms with Crippen LogP contribution in [0.5, 0.6) is 5.75 Å². The van der Waals surface area contributed by atoms with Crippen molar-refractivity contribution in [1.29, 1.82) is 0 Å². The Morgan fingerprint density at radius 2 is 1.92 bits per heavy atom. The normalized spacial score (nSPS) is 15.5. The van der Waals surface area contributed by atoms with Crippen molar-refractivity contribution < 1.29 is 9.53 Å². The van der Waals surface area contributed by atoms with E-state index in [1.54, 1.807) is 11.8 Å². The van der Waals surface area contributed by atoms with E-state index < -0.39 is 0 Å². The van der Waals surface area contributed by atoms with Gasteiger partial charge >= 0.3 is 0 Å². The van der Waals surface area contributed by atoms with E-state index in [1.807, 2.05) is 29.2 Å². The fourth-order valence-corrected chi connectivity index (χ4v) is 3.22. The Morgan fingerprint density at radius 1 is 1.21 bits per heavy atom. The van der Waals surface area contributed by atoms with Crippen LogP contribution in [-0.4, -0.2) is 82.0 Å². The standard InChI is InChI=1S/C15H20N6O2S/c1-19-7-9-20(10-8-19)14(22)11-24-15-16-17-18-21(15)12-3-5-13(23-2)6-4-12/h3-6H,7-11H2,1-2H3. The van der Waals surface area contributed by atoms with Crippen LogP contribution in [0.3, 0.4) is 0 Å². The van der Waals surface area contributed by atoms with Crippen molar-refractivity contribution in [3.63, 3.8) is 0 Å². The van der Waals surface area contributed by atoms with Gasteiger partial charge < -0.3 is 14.5 Å². The number of benzene rings is 1. The van der Waals surface area contributed by atoms with E-state index in [0.29, 0.717) is 10.9 Å². The number of hydrogen-bond donors (Lipinski definition) is 0. The topological polar surface area (TPSA) is 76.4 Å². The van der Waals surface area contributed by atoms with Crippen LogP contribution < -0.4 is 4.74 Å². The van der Waals surface area contributed by atoms with Gasteiger partial charge in [-0.15, -0.1) is 5.10 Å². The molecule has 1 aromatic carbocycles. The third kappa shape index (κ3) is 3.85. The van der Waals surface area contributed by atoms with Gasteiger partial charge in [0, 0.05) is 26.2 Å². The molecule has 1 aliphatic heterocycles. The number of hydrogen-bond acceptors (Lipinski definition) is 7. The van der Waals surface area contributed by atoms with Crippen LogP contribution in [0.2, 0.25) is 0 Å². The summed E-state index contributed by atoms with van der Waals surface area (Å²) in [6.45, 7) is 3.39. The minimum absolute atomic E-state index is 0.123. The highest BCUT2D eigenvalue weighted by Gasteiger charge is 2.20. The van der Waals surface area contributed by atoms with Gasteiger partial charge in [0.05, 0.1) is 18.6 Å². The van der Waals surface area contributed by atoms with Gasteiger partial charge in [-0.3, -0.25) is 4.79 Å². The van der Waals surface area contributed by atoms with Crippen LogP contribution in [0, 0.1) is 0 Å². The number of amides is 1. The summed E-state index contributed by atoms with van der Waals surface area (Å²) in [4.78, 5) is 16.4. The number of aromatic nitrogens is 4. The first-order valence-corrected chi connectivity index (χ1v) is 8.68. The Bertz CT molecular complexity index is 682. The largest absolute Gasteiger partial charge is 0.497 e. The predicted octanol–water partition coefficient (Wildman–Crippen LogP) is 0.537. The lowest BCUT2D eigenvalue weighted by molar-refractivity contribution is -0.129. The Labute approximate surface area is 144 Å². The van der Waals surface area contributed by atoms with E-state index >= 15 is 0 Å². The van der Waals surface area contributed by atoms with Crippen molar-refractivity contribution in [3.8, 4) is 11.4 Å². The van der Waals surface area contributed by atoms with Gasteiger partial charge in [-0.25, -0.2) is 0 Å². The highest BCUT2D eigenvalue weighted by atomic mass is 32.2. The summed E-state index contributed by atoms with van der Waals surface area (Å²) in [6.07, 6.45) is 0. The van der Waals surface area contributed by atoms with Crippen LogP contribution in [-0.2, 0) is 4.79 Å².